The molecule has 2 heterocycles. The third kappa shape index (κ3) is 11.6. The summed E-state index contributed by atoms with van der Waals surface area (Å²) in [5.74, 6) is 0. The highest BCUT2D eigenvalue weighted by atomic mass is 16.7. The Hall–Kier alpha value is -4.24. The molecule has 2 aliphatic heterocycles. The second-order valence-electron chi connectivity index (χ2n) is 22.8. The van der Waals surface area contributed by atoms with Gasteiger partial charge in [0.05, 0.1) is 39.7 Å². The van der Waals surface area contributed by atoms with Gasteiger partial charge in [0.25, 0.3) is 0 Å². The third-order valence-corrected chi connectivity index (χ3v) is 17.2. The number of benzene rings is 5. The fourth-order valence-electron chi connectivity index (χ4n) is 10.7. The van der Waals surface area contributed by atoms with Gasteiger partial charge in [-0.25, -0.2) is 0 Å². The highest BCUT2D eigenvalue weighted by Crippen LogP contribution is 2.51. The zero-order chi connectivity index (χ0) is 52.3. The smallest absolute Gasteiger partial charge is 0.399 e. The van der Waals surface area contributed by atoms with Crippen molar-refractivity contribution in [3.8, 4) is 22.3 Å². The molecule has 0 bridgehead atoms. The molecule has 2 atom stereocenters. The molecule has 3 aliphatic rings. The zero-order valence-corrected chi connectivity index (χ0v) is 45.9. The number of hydrogen-bond donors (Lipinski definition) is 0. The van der Waals surface area contributed by atoms with Crippen molar-refractivity contribution in [2.75, 3.05) is 41.7 Å². The summed E-state index contributed by atoms with van der Waals surface area (Å²) >= 11 is 0. The van der Waals surface area contributed by atoms with Crippen molar-refractivity contribution in [1.82, 2.24) is 0 Å². The van der Waals surface area contributed by atoms with E-state index in [1.165, 1.54) is 11.1 Å². The lowest BCUT2D eigenvalue weighted by molar-refractivity contribution is -0.156. The summed E-state index contributed by atoms with van der Waals surface area (Å²) in [7, 11) is 4.58. The van der Waals surface area contributed by atoms with Crippen LogP contribution in [0.3, 0.4) is 0 Å². The minimum atomic E-state index is -0.602. The van der Waals surface area contributed by atoms with E-state index in [0.717, 1.165) is 76.5 Å². The highest BCUT2D eigenvalue weighted by Gasteiger charge is 2.52. The summed E-state index contributed by atoms with van der Waals surface area (Å²) in [5, 5.41) is 0. The van der Waals surface area contributed by atoms with Gasteiger partial charge in [0.15, 0.2) is 6.29 Å². The van der Waals surface area contributed by atoms with Crippen LogP contribution in [-0.2, 0) is 63.8 Å². The van der Waals surface area contributed by atoms with Gasteiger partial charge in [-0.3, -0.25) is 0 Å². The van der Waals surface area contributed by atoms with Crippen molar-refractivity contribution in [2.45, 2.75) is 166 Å². The highest BCUT2D eigenvalue weighted by molar-refractivity contribution is 6.62. The van der Waals surface area contributed by atoms with E-state index in [1.807, 2.05) is 0 Å². The van der Waals surface area contributed by atoms with Gasteiger partial charge in [0.1, 0.15) is 20.4 Å². The van der Waals surface area contributed by atoms with E-state index in [0.29, 0.717) is 12.8 Å². The molecule has 5 aromatic rings. The Balaban J connectivity index is 0.922. The van der Waals surface area contributed by atoms with E-state index in [9.17, 15) is 0 Å². The SMILES string of the molecule is CCC(CCC(OCOC)c1ccc(B2OC(C)(C)C(C)(C)O2)cc1)(OCOC)c1ccc(-c2ccc(-c3ccc(C4(OCOC)CCC(C)(c5ccc(C6OC(C)(C)C(C)(C)O6)cc5)CC4)cc3)cc2)cc1. The Kier molecular flexibility index (Phi) is 16.7. The molecule has 0 spiro atoms. The topological polar surface area (TPSA) is 92.3 Å². The summed E-state index contributed by atoms with van der Waals surface area (Å²) in [5.41, 5.74) is 8.70. The standard InChI is InChI=1S/C62H81BO10/c1-14-61(68-42-65-12,36-35-54(67-41-64-11)48-25-33-53(34-26-48)63-72-58(6,7)59(8,9)73-63)51-29-19-46(20-30-51)44-15-17-45(18-16-44)47-21-31-52(32-22-47)62(69-43-66-13)39-37-60(10,38-40-62)50-27-23-49(24-28-50)55-70-56(2,3)57(4,5)71-55/h15-34,54-55H,14,35-43H2,1-13H3. The van der Waals surface area contributed by atoms with Crippen LogP contribution in [-0.4, -0.2) is 71.2 Å². The first-order chi connectivity index (χ1) is 34.7. The molecule has 0 amide bonds. The molecule has 11 heteroatoms. The molecule has 0 radical (unpaired) electrons. The molecule has 73 heavy (non-hydrogen) atoms. The lowest BCUT2D eigenvalue weighted by Gasteiger charge is -2.45. The quantitative estimate of drug-likeness (QED) is 0.0523. The predicted octanol–water partition coefficient (Wildman–Crippen LogP) is 13.6. The predicted molar refractivity (Wildman–Crippen MR) is 289 cm³/mol. The van der Waals surface area contributed by atoms with Gasteiger partial charge < -0.3 is 47.2 Å². The van der Waals surface area contributed by atoms with Gasteiger partial charge in [-0.2, -0.15) is 0 Å². The second kappa shape index (κ2) is 22.2. The van der Waals surface area contributed by atoms with E-state index in [2.05, 4.69) is 191 Å². The minimum absolute atomic E-state index is 0.0167. The Bertz CT molecular complexity index is 2520. The van der Waals surface area contributed by atoms with Crippen LogP contribution in [0.25, 0.3) is 22.3 Å². The Morgan fingerprint density at radius 2 is 1.03 bits per heavy atom. The molecule has 1 saturated carbocycles. The Morgan fingerprint density at radius 3 is 1.52 bits per heavy atom. The van der Waals surface area contributed by atoms with E-state index in [4.69, 9.17) is 47.2 Å². The average molecular weight is 997 g/mol. The minimum Gasteiger partial charge on any atom is -0.399 e. The molecule has 10 nitrogen and oxygen atoms in total. The lowest BCUT2D eigenvalue weighted by atomic mass is 9.64. The molecular weight excluding hydrogens is 915 g/mol. The normalized spacial score (nSPS) is 23.6. The molecule has 2 saturated heterocycles. The van der Waals surface area contributed by atoms with Crippen LogP contribution in [0.2, 0.25) is 0 Å². The van der Waals surface area contributed by atoms with E-state index in [-0.39, 0.29) is 49.4 Å². The third-order valence-electron chi connectivity index (χ3n) is 17.2. The van der Waals surface area contributed by atoms with Crippen molar-refractivity contribution >= 4 is 12.6 Å². The van der Waals surface area contributed by atoms with Crippen LogP contribution < -0.4 is 5.46 Å². The van der Waals surface area contributed by atoms with Crippen molar-refractivity contribution in [3.63, 3.8) is 0 Å². The summed E-state index contributed by atoms with van der Waals surface area (Å²) in [6.45, 7) is 21.8. The monoisotopic (exact) mass is 997 g/mol. The first kappa shape index (κ1) is 55.0. The molecule has 392 valence electrons. The van der Waals surface area contributed by atoms with Crippen molar-refractivity contribution < 1.29 is 47.2 Å². The average Bonchev–Trinajstić information content (AvgIpc) is 3.76. The fourth-order valence-corrected chi connectivity index (χ4v) is 10.7. The number of hydrogen-bond acceptors (Lipinski definition) is 10. The largest absolute Gasteiger partial charge is 0.494 e. The fraction of sp³-hybridized carbons (Fsp3) is 0.516. The zero-order valence-electron chi connectivity index (χ0n) is 45.9. The van der Waals surface area contributed by atoms with Crippen LogP contribution >= 0.6 is 0 Å². The molecule has 3 fully saturated rings. The maximum absolute atomic E-state index is 6.62. The molecule has 1 aliphatic carbocycles. The van der Waals surface area contributed by atoms with Crippen molar-refractivity contribution in [2.24, 2.45) is 0 Å². The number of methoxy groups -OCH3 is 3. The molecule has 8 rings (SSSR count). The van der Waals surface area contributed by atoms with Crippen LogP contribution in [0.1, 0.15) is 154 Å². The van der Waals surface area contributed by atoms with Crippen LogP contribution in [0.15, 0.2) is 121 Å². The summed E-state index contributed by atoms with van der Waals surface area (Å²) in [6.07, 6.45) is 5.31. The van der Waals surface area contributed by atoms with Crippen molar-refractivity contribution in [3.05, 3.63) is 149 Å². The molecule has 0 N–H and O–H groups in total. The van der Waals surface area contributed by atoms with Gasteiger partial charge in [-0.05, 0) is 156 Å². The maximum atomic E-state index is 6.62. The number of ether oxygens (including phenoxy) is 8. The summed E-state index contributed by atoms with van der Waals surface area (Å²) in [6, 6.07) is 43.8. The molecule has 0 aromatic heterocycles. The number of rotatable bonds is 21. The van der Waals surface area contributed by atoms with E-state index >= 15 is 0 Å². The molecular formula is C62H81BO10. The van der Waals surface area contributed by atoms with Gasteiger partial charge in [-0.15, -0.1) is 0 Å². The van der Waals surface area contributed by atoms with E-state index in [1.54, 1.807) is 21.3 Å². The van der Waals surface area contributed by atoms with Crippen molar-refractivity contribution in [1.29, 1.82) is 0 Å². The lowest BCUT2D eigenvalue weighted by Crippen LogP contribution is -2.41. The van der Waals surface area contributed by atoms with Crippen LogP contribution in [0.5, 0.6) is 0 Å². The summed E-state index contributed by atoms with van der Waals surface area (Å²) in [4.78, 5) is 0. The maximum Gasteiger partial charge on any atom is 0.494 e. The Morgan fingerprint density at radius 1 is 0.548 bits per heavy atom. The van der Waals surface area contributed by atoms with Gasteiger partial charge in [0.2, 0.25) is 0 Å². The first-order valence-electron chi connectivity index (χ1n) is 26.3. The first-order valence-corrected chi connectivity index (χ1v) is 26.3. The van der Waals surface area contributed by atoms with E-state index < -0.39 is 29.5 Å². The summed E-state index contributed by atoms with van der Waals surface area (Å²) < 4.78 is 61.3. The Labute approximate surface area is 436 Å². The molecule has 5 aromatic carbocycles. The second-order valence-corrected chi connectivity index (χ2v) is 22.8. The van der Waals surface area contributed by atoms with Gasteiger partial charge in [0, 0.05) is 26.9 Å². The molecule has 2 unspecified atom stereocenters. The van der Waals surface area contributed by atoms with Gasteiger partial charge >= 0.3 is 7.12 Å². The van der Waals surface area contributed by atoms with Gasteiger partial charge in [-0.1, -0.05) is 135 Å². The van der Waals surface area contributed by atoms with Crippen LogP contribution in [0, 0.1) is 0 Å². The van der Waals surface area contributed by atoms with Crippen LogP contribution in [0.4, 0.5) is 0 Å².